The van der Waals surface area contributed by atoms with Gasteiger partial charge in [0, 0.05) is 23.1 Å². The Labute approximate surface area is 174 Å². The molecule has 0 spiro atoms. The molecule has 1 atom stereocenters. The molecule has 0 saturated heterocycles. The molecule has 2 aliphatic rings. The van der Waals surface area contributed by atoms with Gasteiger partial charge in [0.2, 0.25) is 5.70 Å². The van der Waals surface area contributed by atoms with Crippen molar-refractivity contribution in [3.8, 4) is 11.5 Å². The van der Waals surface area contributed by atoms with E-state index in [-0.39, 0.29) is 10.2 Å². The zero-order chi connectivity index (χ0) is 21.1. The van der Waals surface area contributed by atoms with Gasteiger partial charge in [0.25, 0.3) is 0 Å². The van der Waals surface area contributed by atoms with Crippen LogP contribution < -0.4 is 4.74 Å². The minimum Gasteiger partial charge on any atom is -0.478 e. The molecule has 2 aliphatic heterocycles. The normalized spacial score (nSPS) is 20.3. The van der Waals surface area contributed by atoms with Crippen LogP contribution in [0, 0.1) is 0 Å². The van der Waals surface area contributed by atoms with Crippen molar-refractivity contribution in [3.05, 3.63) is 83.6 Å². The maximum atomic E-state index is 12.1. The predicted octanol–water partition coefficient (Wildman–Crippen LogP) is 4.16. The lowest BCUT2D eigenvalue weighted by Gasteiger charge is -2.39. The first kappa shape index (κ1) is 19.7. The van der Waals surface area contributed by atoms with Crippen LogP contribution in [0.5, 0.6) is 11.5 Å². The summed E-state index contributed by atoms with van der Waals surface area (Å²) < 4.78 is 6.16. The second-order valence-corrected chi connectivity index (χ2v) is 7.45. The number of rotatable bonds is 5. The summed E-state index contributed by atoms with van der Waals surface area (Å²) in [4.78, 5) is 23.5. The molecule has 1 unspecified atom stereocenters. The maximum Gasteiger partial charge on any atom is 0.390 e. The van der Waals surface area contributed by atoms with Gasteiger partial charge in [-0.05, 0) is 24.3 Å². The van der Waals surface area contributed by atoms with Crippen LogP contribution in [0.4, 0.5) is 0 Å². The molecular formula is C24H22NO5+. The summed E-state index contributed by atoms with van der Waals surface area (Å²) in [5.74, 6) is -1.06. The van der Waals surface area contributed by atoms with Crippen LogP contribution in [0.2, 0.25) is 0 Å². The minimum atomic E-state index is -1.26. The van der Waals surface area contributed by atoms with E-state index in [9.17, 15) is 19.8 Å². The summed E-state index contributed by atoms with van der Waals surface area (Å²) in [5.41, 5.74) is 2.56. The quantitative estimate of drug-likeness (QED) is 0.444. The highest BCUT2D eigenvalue weighted by molar-refractivity contribution is 5.93. The van der Waals surface area contributed by atoms with Crippen LogP contribution in [0.3, 0.4) is 0 Å². The maximum absolute atomic E-state index is 12.1. The fourth-order valence-corrected chi connectivity index (χ4v) is 4.13. The van der Waals surface area contributed by atoms with Crippen molar-refractivity contribution in [1.29, 1.82) is 0 Å². The van der Waals surface area contributed by atoms with E-state index in [1.807, 2.05) is 66.8 Å². The van der Waals surface area contributed by atoms with Crippen molar-refractivity contribution < 1.29 is 29.0 Å². The molecule has 2 aromatic rings. The summed E-state index contributed by atoms with van der Waals surface area (Å²) in [6, 6.07) is 15.3. The van der Waals surface area contributed by atoms with Gasteiger partial charge in [-0.1, -0.05) is 42.5 Å². The molecule has 152 valence electrons. The number of aliphatic carboxylic acids is 2. The van der Waals surface area contributed by atoms with Crippen LogP contribution in [-0.2, 0) is 9.59 Å². The molecule has 2 heterocycles. The van der Waals surface area contributed by atoms with Crippen molar-refractivity contribution in [3.63, 3.8) is 0 Å². The number of hydrogen-bond acceptors (Lipinski definition) is 3. The van der Waals surface area contributed by atoms with Gasteiger partial charge >= 0.3 is 11.9 Å². The average molecular weight is 404 g/mol. The van der Waals surface area contributed by atoms with Gasteiger partial charge in [-0.2, -0.15) is 0 Å². The van der Waals surface area contributed by atoms with Crippen molar-refractivity contribution >= 4 is 23.6 Å². The van der Waals surface area contributed by atoms with E-state index in [0.29, 0.717) is 31.8 Å². The van der Waals surface area contributed by atoms with Gasteiger partial charge in [0.05, 0.1) is 12.6 Å². The van der Waals surface area contributed by atoms with Gasteiger partial charge in [0.15, 0.2) is 0 Å². The van der Waals surface area contributed by atoms with Crippen LogP contribution >= 0.6 is 0 Å². The SMILES string of the molecule is O=C(O)/C=C(/C(=O)O)[N+]1(CC2=Cc3ccccc3Oc3ccccc32)CC=CCC1. The van der Waals surface area contributed by atoms with Gasteiger partial charge in [0.1, 0.15) is 24.6 Å². The molecule has 0 saturated carbocycles. The Balaban J connectivity index is 1.87. The van der Waals surface area contributed by atoms with E-state index in [4.69, 9.17) is 4.74 Å². The van der Waals surface area contributed by atoms with Crippen LogP contribution in [0.1, 0.15) is 17.5 Å². The first-order valence-electron chi connectivity index (χ1n) is 9.75. The minimum absolute atomic E-state index is 0.0282. The van der Waals surface area contributed by atoms with Crippen molar-refractivity contribution in [2.24, 2.45) is 0 Å². The number of hydrogen-bond donors (Lipinski definition) is 2. The molecule has 2 N–H and O–H groups in total. The molecule has 6 nitrogen and oxygen atoms in total. The first-order chi connectivity index (χ1) is 14.5. The lowest BCUT2D eigenvalue weighted by atomic mass is 9.99. The summed E-state index contributed by atoms with van der Waals surface area (Å²) in [6.45, 7) is 1.25. The number of fused-ring (bicyclic) bond motifs is 2. The number of carbonyl (C=O) groups is 2. The van der Waals surface area contributed by atoms with Crippen LogP contribution in [0.15, 0.2) is 72.5 Å². The summed E-state index contributed by atoms with van der Waals surface area (Å²) in [6.07, 6.45) is 7.45. The van der Waals surface area contributed by atoms with E-state index in [1.165, 1.54) is 0 Å². The Hall–Kier alpha value is -3.64. The number of carboxylic acid groups (broad SMARTS) is 2. The highest BCUT2D eigenvalue weighted by atomic mass is 16.5. The Morgan fingerprint density at radius 3 is 2.43 bits per heavy atom. The Kier molecular flexibility index (Phi) is 5.25. The third-order valence-electron chi connectivity index (χ3n) is 5.51. The second kappa shape index (κ2) is 8.00. The number of nitrogens with zero attached hydrogens (tertiary/aromatic N) is 1. The fraction of sp³-hybridized carbons (Fsp3) is 0.167. The summed E-state index contributed by atoms with van der Waals surface area (Å²) in [7, 11) is 0. The topological polar surface area (TPSA) is 83.8 Å². The van der Waals surface area contributed by atoms with E-state index in [2.05, 4.69) is 0 Å². The molecule has 0 bridgehead atoms. The highest BCUT2D eigenvalue weighted by Gasteiger charge is 2.39. The molecule has 0 aromatic heterocycles. The number of quaternary nitrogens is 1. The number of benzene rings is 2. The van der Waals surface area contributed by atoms with E-state index >= 15 is 0 Å². The van der Waals surface area contributed by atoms with Crippen molar-refractivity contribution in [1.82, 2.24) is 0 Å². The van der Waals surface area contributed by atoms with Gasteiger partial charge < -0.3 is 14.9 Å². The molecule has 0 radical (unpaired) electrons. The molecule has 0 fully saturated rings. The monoisotopic (exact) mass is 404 g/mol. The molecule has 6 heteroatoms. The van der Waals surface area contributed by atoms with Gasteiger partial charge in [-0.3, -0.25) is 4.48 Å². The van der Waals surface area contributed by atoms with Crippen LogP contribution in [-0.4, -0.2) is 46.3 Å². The van der Waals surface area contributed by atoms with Crippen molar-refractivity contribution in [2.45, 2.75) is 6.42 Å². The average Bonchev–Trinajstić information content (AvgIpc) is 2.89. The Bertz CT molecular complexity index is 1100. The van der Waals surface area contributed by atoms with E-state index in [1.54, 1.807) is 0 Å². The number of para-hydroxylation sites is 2. The molecular weight excluding hydrogens is 382 g/mol. The van der Waals surface area contributed by atoms with E-state index in [0.717, 1.165) is 28.5 Å². The number of carboxylic acids is 2. The fourth-order valence-electron chi connectivity index (χ4n) is 4.13. The van der Waals surface area contributed by atoms with E-state index < -0.39 is 11.9 Å². The predicted molar refractivity (Wildman–Crippen MR) is 113 cm³/mol. The smallest absolute Gasteiger partial charge is 0.390 e. The zero-order valence-corrected chi connectivity index (χ0v) is 16.3. The standard InChI is InChI=1S/C24H21NO5/c26-23(27)15-20(24(28)29)25(12-6-1-7-13-25)16-18-14-17-8-2-4-10-21(17)30-22-11-5-3-9-19(18)22/h1-6,8-11,14-15H,7,12-13,16H2,(H-,26,27,28,29)/p+1/b20-15-. The Morgan fingerprint density at radius 1 is 1.00 bits per heavy atom. The lowest BCUT2D eigenvalue weighted by molar-refractivity contribution is -0.876. The molecule has 0 amide bonds. The highest BCUT2D eigenvalue weighted by Crippen LogP contribution is 2.40. The molecule has 0 aliphatic carbocycles. The molecule has 30 heavy (non-hydrogen) atoms. The third kappa shape index (κ3) is 3.77. The molecule has 4 rings (SSSR count). The summed E-state index contributed by atoms with van der Waals surface area (Å²) in [5, 5.41) is 19.2. The first-order valence-corrected chi connectivity index (χ1v) is 9.75. The van der Waals surface area contributed by atoms with Gasteiger partial charge in [-0.15, -0.1) is 0 Å². The second-order valence-electron chi connectivity index (χ2n) is 7.45. The largest absolute Gasteiger partial charge is 0.478 e. The zero-order valence-electron chi connectivity index (χ0n) is 16.3. The van der Waals surface area contributed by atoms with Crippen LogP contribution in [0.25, 0.3) is 11.6 Å². The summed E-state index contributed by atoms with van der Waals surface area (Å²) >= 11 is 0. The number of ether oxygens (including phenoxy) is 1. The third-order valence-corrected chi connectivity index (χ3v) is 5.51. The van der Waals surface area contributed by atoms with Gasteiger partial charge in [-0.25, -0.2) is 9.59 Å². The molecule has 2 aromatic carbocycles. The van der Waals surface area contributed by atoms with Crippen molar-refractivity contribution in [2.75, 3.05) is 19.6 Å². The lowest BCUT2D eigenvalue weighted by Crippen LogP contribution is -2.52. The Morgan fingerprint density at radius 2 is 1.73 bits per heavy atom.